The van der Waals surface area contributed by atoms with Gasteiger partial charge in [0.2, 0.25) is 0 Å². The number of ether oxygens (including phenoxy) is 1. The molecular weight excluding hydrogens is 437 g/mol. The molecule has 7 nitrogen and oxygen atoms in total. The number of hydrogen-bond donors (Lipinski definition) is 1. The third-order valence-electron chi connectivity index (χ3n) is 4.92. The Labute approximate surface area is 189 Å². The number of benzene rings is 2. The lowest BCUT2D eigenvalue weighted by Crippen LogP contribution is -2.48. The monoisotopic (exact) mass is 455 g/mol. The maximum atomic E-state index is 13.1. The fourth-order valence-electron chi connectivity index (χ4n) is 3.45. The first kappa shape index (κ1) is 21.3. The zero-order valence-corrected chi connectivity index (χ0v) is 18.0. The summed E-state index contributed by atoms with van der Waals surface area (Å²) in [6.45, 7) is 2.23. The Morgan fingerprint density at radius 2 is 1.84 bits per heavy atom. The molecule has 31 heavy (non-hydrogen) atoms. The third kappa shape index (κ3) is 4.58. The van der Waals surface area contributed by atoms with Crippen molar-refractivity contribution in [3.8, 4) is 23.0 Å². The molecule has 0 aliphatic carbocycles. The summed E-state index contributed by atoms with van der Waals surface area (Å²) in [6.07, 6.45) is 0.00821. The van der Waals surface area contributed by atoms with Crippen LogP contribution in [0.3, 0.4) is 0 Å². The Bertz CT molecular complexity index is 1130. The second kappa shape index (κ2) is 9.50. The van der Waals surface area contributed by atoms with E-state index in [-0.39, 0.29) is 18.0 Å². The van der Waals surface area contributed by atoms with Crippen molar-refractivity contribution in [1.82, 2.24) is 20.2 Å². The third-order valence-corrected chi connectivity index (χ3v) is 5.50. The number of nitrogens with zero attached hydrogens (tertiary/aromatic N) is 4. The highest BCUT2D eigenvalue weighted by Gasteiger charge is 2.27. The Balaban J connectivity index is 1.86. The molecule has 2 aromatic carbocycles. The molecule has 0 atom stereocenters. The van der Waals surface area contributed by atoms with Crippen LogP contribution in [-0.4, -0.2) is 47.0 Å². The second-order valence-corrected chi connectivity index (χ2v) is 7.76. The van der Waals surface area contributed by atoms with Crippen molar-refractivity contribution in [3.05, 3.63) is 69.8 Å². The Kier molecular flexibility index (Phi) is 6.54. The highest BCUT2D eigenvalue weighted by atomic mass is 35.5. The van der Waals surface area contributed by atoms with Gasteiger partial charge in [0.05, 0.1) is 42.1 Å². The van der Waals surface area contributed by atoms with Crippen LogP contribution in [0, 0.1) is 11.3 Å². The van der Waals surface area contributed by atoms with Gasteiger partial charge in [-0.05, 0) is 24.3 Å². The Morgan fingerprint density at radius 3 is 2.52 bits per heavy atom. The van der Waals surface area contributed by atoms with Crippen LogP contribution in [-0.2, 0) is 11.2 Å². The highest BCUT2D eigenvalue weighted by Crippen LogP contribution is 2.33. The minimum absolute atomic E-state index is 0.00821. The molecule has 0 saturated carbocycles. The fraction of sp³-hybridized carbons (Fsp3) is 0.227. The van der Waals surface area contributed by atoms with Crippen LogP contribution in [0.15, 0.2) is 48.5 Å². The van der Waals surface area contributed by atoms with Crippen LogP contribution < -0.4 is 5.43 Å². The zero-order valence-electron chi connectivity index (χ0n) is 16.5. The molecule has 4 rings (SSSR count). The topological polar surface area (TPSA) is 83.2 Å². The van der Waals surface area contributed by atoms with Crippen LogP contribution in [0.5, 0.6) is 0 Å². The number of carbonyl (C=O) groups is 1. The van der Waals surface area contributed by atoms with E-state index < -0.39 is 0 Å². The van der Waals surface area contributed by atoms with E-state index in [1.54, 1.807) is 27.9 Å². The molecule has 1 amide bonds. The number of amides is 1. The number of aromatic nitrogens is 2. The minimum atomic E-state index is -0.381. The number of hydrogen-bond acceptors (Lipinski definition) is 5. The largest absolute Gasteiger partial charge is 0.379 e. The Morgan fingerprint density at radius 1 is 1.13 bits per heavy atom. The van der Waals surface area contributed by atoms with E-state index >= 15 is 0 Å². The van der Waals surface area contributed by atoms with Crippen molar-refractivity contribution in [2.75, 3.05) is 26.3 Å². The van der Waals surface area contributed by atoms with Gasteiger partial charge in [-0.25, -0.2) is 9.69 Å². The SMILES string of the molecule is N#CCc1c(C(=O)NN2CCOCC2)nn(-c2ccccc2Cl)c1-c1ccc(Cl)cc1. The number of hydrazine groups is 1. The highest BCUT2D eigenvalue weighted by molar-refractivity contribution is 6.32. The quantitative estimate of drug-likeness (QED) is 0.630. The molecule has 1 aliphatic rings. The summed E-state index contributed by atoms with van der Waals surface area (Å²) in [4.78, 5) is 13.1. The molecule has 0 radical (unpaired) electrons. The number of nitriles is 1. The molecule has 2 heterocycles. The Hall–Kier alpha value is -2.89. The standard InChI is InChI=1S/C22H19Cl2N5O2/c23-16-7-5-15(6-8-16)21-17(9-10-25)20(22(30)27-28-11-13-31-14-12-28)26-29(21)19-4-2-1-3-18(19)24/h1-8H,9,11-14H2,(H,27,30). The first-order valence-electron chi connectivity index (χ1n) is 9.72. The normalized spacial score (nSPS) is 14.2. The first-order chi connectivity index (χ1) is 15.1. The van der Waals surface area contributed by atoms with Gasteiger partial charge < -0.3 is 4.74 Å². The number of halogens is 2. The predicted molar refractivity (Wildman–Crippen MR) is 118 cm³/mol. The smallest absolute Gasteiger partial charge is 0.286 e. The average Bonchev–Trinajstić information content (AvgIpc) is 3.15. The summed E-state index contributed by atoms with van der Waals surface area (Å²) in [6, 6.07) is 16.6. The lowest BCUT2D eigenvalue weighted by atomic mass is 10.0. The van der Waals surface area contributed by atoms with Crippen molar-refractivity contribution >= 4 is 29.1 Å². The van der Waals surface area contributed by atoms with Crippen molar-refractivity contribution < 1.29 is 9.53 Å². The number of carbonyl (C=O) groups excluding carboxylic acids is 1. The van der Waals surface area contributed by atoms with Gasteiger partial charge in [0.25, 0.3) is 5.91 Å². The number of para-hydroxylation sites is 1. The van der Waals surface area contributed by atoms with Crippen LogP contribution in [0.25, 0.3) is 16.9 Å². The maximum absolute atomic E-state index is 13.1. The average molecular weight is 456 g/mol. The molecular formula is C22H19Cl2N5O2. The van der Waals surface area contributed by atoms with Gasteiger partial charge in [-0.1, -0.05) is 47.5 Å². The van der Waals surface area contributed by atoms with Crippen LogP contribution in [0.4, 0.5) is 0 Å². The summed E-state index contributed by atoms with van der Waals surface area (Å²) in [5, 5.41) is 17.0. The van der Waals surface area contributed by atoms with E-state index in [1.807, 2.05) is 30.3 Å². The van der Waals surface area contributed by atoms with Gasteiger partial charge in [-0.15, -0.1) is 0 Å². The summed E-state index contributed by atoms with van der Waals surface area (Å²) in [5.41, 5.74) is 5.58. The molecule has 0 unspecified atom stereocenters. The number of nitrogens with one attached hydrogen (secondary N) is 1. The summed E-state index contributed by atoms with van der Waals surface area (Å²) in [5.74, 6) is -0.381. The molecule has 1 fully saturated rings. The molecule has 0 bridgehead atoms. The van der Waals surface area contributed by atoms with Gasteiger partial charge in [-0.2, -0.15) is 10.4 Å². The van der Waals surface area contributed by atoms with Gasteiger partial charge >= 0.3 is 0 Å². The fourth-order valence-corrected chi connectivity index (χ4v) is 3.79. The van der Waals surface area contributed by atoms with Crippen LogP contribution >= 0.6 is 23.2 Å². The van der Waals surface area contributed by atoms with Gasteiger partial charge in [0, 0.05) is 29.2 Å². The van der Waals surface area contributed by atoms with Crippen molar-refractivity contribution in [3.63, 3.8) is 0 Å². The van der Waals surface area contributed by atoms with E-state index in [0.29, 0.717) is 53.3 Å². The van der Waals surface area contributed by atoms with Gasteiger partial charge in [0.1, 0.15) is 0 Å². The maximum Gasteiger partial charge on any atom is 0.286 e. The van der Waals surface area contributed by atoms with Crippen molar-refractivity contribution in [2.45, 2.75) is 6.42 Å². The van der Waals surface area contributed by atoms with E-state index in [9.17, 15) is 10.1 Å². The minimum Gasteiger partial charge on any atom is -0.379 e. The molecule has 1 aliphatic heterocycles. The van der Waals surface area contributed by atoms with Gasteiger partial charge in [-0.3, -0.25) is 10.2 Å². The molecule has 1 aromatic heterocycles. The van der Waals surface area contributed by atoms with Crippen LogP contribution in [0.2, 0.25) is 10.0 Å². The number of rotatable bonds is 5. The molecule has 3 aromatic rings. The zero-order chi connectivity index (χ0) is 21.8. The van der Waals surface area contributed by atoms with E-state index in [4.69, 9.17) is 27.9 Å². The van der Waals surface area contributed by atoms with Crippen molar-refractivity contribution in [2.24, 2.45) is 0 Å². The summed E-state index contributed by atoms with van der Waals surface area (Å²) in [7, 11) is 0. The molecule has 0 spiro atoms. The summed E-state index contributed by atoms with van der Waals surface area (Å²) >= 11 is 12.5. The lowest BCUT2D eigenvalue weighted by molar-refractivity contribution is 0.0124. The second-order valence-electron chi connectivity index (χ2n) is 6.92. The first-order valence-corrected chi connectivity index (χ1v) is 10.5. The molecule has 1 saturated heterocycles. The predicted octanol–water partition coefficient (Wildman–Crippen LogP) is 3.89. The molecule has 1 N–H and O–H groups in total. The van der Waals surface area contributed by atoms with E-state index in [1.165, 1.54) is 0 Å². The van der Waals surface area contributed by atoms with Crippen LogP contribution in [0.1, 0.15) is 16.1 Å². The number of morpholine rings is 1. The molecule has 158 valence electrons. The van der Waals surface area contributed by atoms with Crippen molar-refractivity contribution in [1.29, 1.82) is 5.26 Å². The molecule has 9 heteroatoms. The van der Waals surface area contributed by atoms with Gasteiger partial charge in [0.15, 0.2) is 5.69 Å². The summed E-state index contributed by atoms with van der Waals surface area (Å²) < 4.78 is 6.95. The lowest BCUT2D eigenvalue weighted by Gasteiger charge is -2.26. The van der Waals surface area contributed by atoms with E-state index in [2.05, 4.69) is 16.6 Å². The van der Waals surface area contributed by atoms with E-state index in [0.717, 1.165) is 5.56 Å².